The minimum absolute atomic E-state index is 0.104. The minimum Gasteiger partial charge on any atom is -0.495 e. The molecular formula is C10H6Br3NO2. The third-order valence-electron chi connectivity index (χ3n) is 2.18. The number of hydrogen-bond acceptors (Lipinski definition) is 2. The van der Waals surface area contributed by atoms with E-state index in [2.05, 4.69) is 52.8 Å². The average Bonchev–Trinajstić information content (AvgIpc) is 2.24. The number of aromatic amines is 1. The summed E-state index contributed by atoms with van der Waals surface area (Å²) in [4.78, 5) is 15.1. The SMILES string of the molecule is COc1c(Br)cc(Br)c2[nH]cc(Br)c(=O)c12. The van der Waals surface area contributed by atoms with Gasteiger partial charge in [-0.15, -0.1) is 0 Å². The third-order valence-corrected chi connectivity index (χ3v) is 3.98. The fourth-order valence-corrected chi connectivity index (χ4v) is 3.23. The zero-order valence-corrected chi connectivity index (χ0v) is 12.9. The molecule has 0 fully saturated rings. The predicted molar refractivity (Wildman–Crippen MR) is 74.2 cm³/mol. The van der Waals surface area contributed by atoms with Gasteiger partial charge in [0, 0.05) is 10.7 Å². The van der Waals surface area contributed by atoms with Crippen LogP contribution < -0.4 is 10.2 Å². The number of rotatable bonds is 1. The third kappa shape index (κ3) is 1.83. The molecule has 1 aromatic heterocycles. The van der Waals surface area contributed by atoms with E-state index < -0.39 is 0 Å². The highest BCUT2D eigenvalue weighted by Gasteiger charge is 2.14. The molecule has 1 aromatic carbocycles. The summed E-state index contributed by atoms with van der Waals surface area (Å²) in [5.74, 6) is 0.528. The monoisotopic (exact) mass is 409 g/mol. The van der Waals surface area contributed by atoms with E-state index in [1.54, 1.807) is 6.20 Å². The molecule has 6 heteroatoms. The van der Waals surface area contributed by atoms with Crippen molar-refractivity contribution in [1.29, 1.82) is 0 Å². The first-order valence-electron chi connectivity index (χ1n) is 4.29. The van der Waals surface area contributed by atoms with Gasteiger partial charge in [-0.2, -0.15) is 0 Å². The van der Waals surface area contributed by atoms with Crippen LogP contribution in [0.15, 0.2) is 30.5 Å². The fourth-order valence-electron chi connectivity index (χ4n) is 1.48. The quantitative estimate of drug-likeness (QED) is 0.775. The smallest absolute Gasteiger partial charge is 0.207 e. The standard InChI is InChI=1S/C10H6Br3NO2/c1-16-10-5(12)2-4(11)8-7(10)9(15)6(13)3-14-8/h2-3H,1H3,(H,14,15). The molecule has 1 N–H and O–H groups in total. The van der Waals surface area contributed by atoms with Crippen molar-refractivity contribution in [2.24, 2.45) is 0 Å². The second-order valence-corrected chi connectivity index (χ2v) is 5.65. The van der Waals surface area contributed by atoms with Gasteiger partial charge in [0.1, 0.15) is 5.75 Å². The van der Waals surface area contributed by atoms with Crippen molar-refractivity contribution in [1.82, 2.24) is 4.98 Å². The second-order valence-electron chi connectivity index (χ2n) is 3.09. The van der Waals surface area contributed by atoms with Gasteiger partial charge in [-0.05, 0) is 53.9 Å². The lowest BCUT2D eigenvalue weighted by atomic mass is 10.2. The summed E-state index contributed by atoms with van der Waals surface area (Å²) < 4.78 is 7.26. The number of hydrogen-bond donors (Lipinski definition) is 1. The van der Waals surface area contributed by atoms with Crippen molar-refractivity contribution in [3.8, 4) is 5.75 Å². The van der Waals surface area contributed by atoms with Crippen molar-refractivity contribution < 1.29 is 4.74 Å². The highest BCUT2D eigenvalue weighted by Crippen LogP contribution is 2.36. The molecule has 0 radical (unpaired) electrons. The van der Waals surface area contributed by atoms with E-state index in [4.69, 9.17) is 4.74 Å². The Morgan fingerprint density at radius 3 is 2.50 bits per heavy atom. The van der Waals surface area contributed by atoms with Crippen LogP contribution in [0, 0.1) is 0 Å². The van der Waals surface area contributed by atoms with Crippen LogP contribution in [0.5, 0.6) is 5.75 Å². The zero-order chi connectivity index (χ0) is 11.9. The molecule has 0 unspecified atom stereocenters. The van der Waals surface area contributed by atoms with Crippen molar-refractivity contribution in [2.75, 3.05) is 7.11 Å². The van der Waals surface area contributed by atoms with Gasteiger partial charge in [0.2, 0.25) is 5.43 Å². The topological polar surface area (TPSA) is 42.1 Å². The maximum Gasteiger partial charge on any atom is 0.207 e. The van der Waals surface area contributed by atoms with Crippen molar-refractivity contribution in [3.05, 3.63) is 35.9 Å². The fraction of sp³-hybridized carbons (Fsp3) is 0.100. The predicted octanol–water partition coefficient (Wildman–Crippen LogP) is 3.82. The zero-order valence-electron chi connectivity index (χ0n) is 8.11. The average molecular weight is 412 g/mol. The van der Waals surface area contributed by atoms with Crippen LogP contribution >= 0.6 is 47.8 Å². The van der Waals surface area contributed by atoms with E-state index in [0.29, 0.717) is 21.1 Å². The largest absolute Gasteiger partial charge is 0.495 e. The summed E-state index contributed by atoms with van der Waals surface area (Å²) >= 11 is 9.96. The first kappa shape index (κ1) is 12.1. The number of nitrogens with one attached hydrogen (secondary N) is 1. The molecule has 1 heterocycles. The number of halogens is 3. The van der Waals surface area contributed by atoms with Gasteiger partial charge in [0.25, 0.3) is 0 Å². The number of ether oxygens (including phenoxy) is 1. The highest BCUT2D eigenvalue weighted by atomic mass is 79.9. The first-order valence-corrected chi connectivity index (χ1v) is 6.67. The molecule has 0 saturated heterocycles. The summed E-state index contributed by atoms with van der Waals surface area (Å²) in [6.45, 7) is 0. The van der Waals surface area contributed by atoms with Crippen LogP contribution in [-0.4, -0.2) is 12.1 Å². The minimum atomic E-state index is -0.104. The van der Waals surface area contributed by atoms with E-state index in [1.807, 2.05) is 6.07 Å². The van der Waals surface area contributed by atoms with Gasteiger partial charge in [-0.25, -0.2) is 0 Å². The molecule has 2 aromatic rings. The van der Waals surface area contributed by atoms with Gasteiger partial charge in [0.05, 0.1) is 27.0 Å². The number of benzene rings is 1. The Labute approximate surface area is 117 Å². The van der Waals surface area contributed by atoms with Crippen LogP contribution in [0.4, 0.5) is 0 Å². The maximum atomic E-state index is 12.0. The molecule has 0 aliphatic rings. The Hall–Kier alpha value is -0.330. The van der Waals surface area contributed by atoms with E-state index in [0.717, 1.165) is 8.95 Å². The number of H-pyrrole nitrogens is 1. The number of fused-ring (bicyclic) bond motifs is 1. The Bertz CT molecular complexity index is 621. The molecule has 16 heavy (non-hydrogen) atoms. The molecule has 0 spiro atoms. The summed E-state index contributed by atoms with van der Waals surface area (Å²) in [6, 6.07) is 1.84. The molecule has 2 rings (SSSR count). The number of pyridine rings is 1. The second kappa shape index (κ2) is 4.50. The lowest BCUT2D eigenvalue weighted by Crippen LogP contribution is -2.06. The number of aromatic nitrogens is 1. The Morgan fingerprint density at radius 1 is 1.19 bits per heavy atom. The van der Waals surface area contributed by atoms with E-state index in [9.17, 15) is 4.79 Å². The summed E-state index contributed by atoms with van der Waals surface area (Å²) in [6.07, 6.45) is 1.61. The van der Waals surface area contributed by atoms with Gasteiger partial charge >= 0.3 is 0 Å². The molecule has 0 atom stereocenters. The van der Waals surface area contributed by atoms with Gasteiger partial charge in [-0.3, -0.25) is 4.79 Å². The van der Waals surface area contributed by atoms with Gasteiger partial charge in [-0.1, -0.05) is 0 Å². The Kier molecular flexibility index (Phi) is 3.42. The van der Waals surface area contributed by atoms with Crippen LogP contribution in [0.25, 0.3) is 10.9 Å². The van der Waals surface area contributed by atoms with Crippen LogP contribution in [0.3, 0.4) is 0 Å². The van der Waals surface area contributed by atoms with Crippen LogP contribution in [0.2, 0.25) is 0 Å². The highest BCUT2D eigenvalue weighted by molar-refractivity contribution is 9.11. The molecule has 84 valence electrons. The molecule has 3 nitrogen and oxygen atoms in total. The molecule has 0 amide bonds. The van der Waals surface area contributed by atoms with Gasteiger partial charge in [0.15, 0.2) is 0 Å². The molecule has 0 bridgehead atoms. The lowest BCUT2D eigenvalue weighted by molar-refractivity contribution is 0.417. The van der Waals surface area contributed by atoms with E-state index in [1.165, 1.54) is 7.11 Å². The van der Waals surface area contributed by atoms with Crippen LogP contribution in [0.1, 0.15) is 0 Å². The summed E-state index contributed by atoms with van der Waals surface area (Å²) in [5.41, 5.74) is 0.612. The molecular weight excluding hydrogens is 406 g/mol. The Morgan fingerprint density at radius 2 is 1.88 bits per heavy atom. The number of methoxy groups -OCH3 is 1. The van der Waals surface area contributed by atoms with Gasteiger partial charge < -0.3 is 9.72 Å². The van der Waals surface area contributed by atoms with Crippen molar-refractivity contribution in [3.63, 3.8) is 0 Å². The van der Waals surface area contributed by atoms with Crippen molar-refractivity contribution in [2.45, 2.75) is 0 Å². The first-order chi connectivity index (χ1) is 7.56. The maximum absolute atomic E-state index is 12.0. The van der Waals surface area contributed by atoms with Crippen LogP contribution in [-0.2, 0) is 0 Å². The van der Waals surface area contributed by atoms with Crippen molar-refractivity contribution >= 4 is 58.7 Å². The normalized spacial score (nSPS) is 10.8. The summed E-state index contributed by atoms with van der Waals surface area (Å²) in [7, 11) is 1.54. The van der Waals surface area contributed by atoms with E-state index >= 15 is 0 Å². The molecule has 0 saturated carbocycles. The molecule has 0 aliphatic carbocycles. The Balaban J connectivity index is 3.08. The van der Waals surface area contributed by atoms with E-state index in [-0.39, 0.29) is 5.43 Å². The molecule has 0 aliphatic heterocycles. The lowest BCUT2D eigenvalue weighted by Gasteiger charge is -2.09. The summed E-state index contributed by atoms with van der Waals surface area (Å²) in [5, 5.41) is 0.512.